The maximum absolute atomic E-state index is 9.04. The van der Waals surface area contributed by atoms with E-state index in [0.29, 0.717) is 10.4 Å². The second-order valence-corrected chi connectivity index (χ2v) is 8.15. The van der Waals surface area contributed by atoms with Crippen molar-refractivity contribution in [2.75, 3.05) is 19.6 Å². The van der Waals surface area contributed by atoms with Gasteiger partial charge in [-0.25, -0.2) is 9.78 Å². The number of halogens is 1. The topological polar surface area (TPSA) is 94.8 Å². The predicted octanol–water partition coefficient (Wildman–Crippen LogP) is 0.938. The van der Waals surface area contributed by atoms with Crippen molar-refractivity contribution < 1.29 is 24.7 Å². The highest BCUT2D eigenvalue weighted by atomic mass is 35.5. The Labute approximate surface area is 173 Å². The molecule has 0 radical (unpaired) electrons. The first kappa shape index (κ1) is 22.2. The normalized spacial score (nSPS) is 18.6. The molecular formula is C20H23ClN2O4S. The summed E-state index contributed by atoms with van der Waals surface area (Å²) in [6.45, 7) is 3.78. The fraction of sp³-hybridized carbons (Fsp3) is 0.350. The molecule has 0 spiro atoms. The van der Waals surface area contributed by atoms with Crippen LogP contribution < -0.4 is 10.0 Å². The minimum atomic E-state index is -2.07. The summed E-state index contributed by atoms with van der Waals surface area (Å²) >= 11 is 7.84. The number of nitrogens with zero attached hydrogens (tertiary/aromatic N) is 1. The number of aromatic nitrogens is 1. The zero-order valence-electron chi connectivity index (χ0n) is 15.3. The number of aliphatic carboxylic acids is 2. The van der Waals surface area contributed by atoms with Gasteiger partial charge in [0.1, 0.15) is 5.15 Å². The Morgan fingerprint density at radius 3 is 2.36 bits per heavy atom. The Kier molecular flexibility index (Phi) is 9.27. The minimum absolute atomic E-state index is 0.593. The van der Waals surface area contributed by atoms with Gasteiger partial charge >= 0.3 is 5.97 Å². The zero-order valence-corrected chi connectivity index (χ0v) is 16.9. The van der Waals surface area contributed by atoms with Gasteiger partial charge in [-0.2, -0.15) is 0 Å². The molecule has 1 fully saturated rings. The number of quaternary nitrogens is 1. The minimum Gasteiger partial charge on any atom is -0.539 e. The Morgan fingerprint density at radius 1 is 1.14 bits per heavy atom. The van der Waals surface area contributed by atoms with Crippen molar-refractivity contribution in [2.24, 2.45) is 0 Å². The quantitative estimate of drug-likeness (QED) is 0.550. The Bertz CT molecular complexity index is 756. The lowest BCUT2D eigenvalue weighted by atomic mass is 10.1. The fourth-order valence-electron chi connectivity index (χ4n) is 2.96. The first-order valence-electron chi connectivity index (χ1n) is 9.05. The lowest BCUT2D eigenvalue weighted by Gasteiger charge is -2.28. The van der Waals surface area contributed by atoms with Crippen molar-refractivity contribution in [2.45, 2.75) is 29.5 Å². The molecule has 0 aliphatic carbocycles. The standard InChI is InChI=1S/C18H21ClN2S.C2H2O4/c19-17-7-4-8-18(20-17)22-16-10-13-21(14-11-16)12-9-15-5-2-1-3-6-15;3-1(4)2(5)6/h1-8,16H,9-14H2;(H,3,4)(H,5,6). The van der Waals surface area contributed by atoms with Gasteiger partial charge in [0.2, 0.25) is 0 Å². The molecule has 1 aromatic carbocycles. The molecule has 0 saturated carbocycles. The van der Waals surface area contributed by atoms with Crippen molar-refractivity contribution in [1.29, 1.82) is 0 Å². The molecule has 8 heteroatoms. The Morgan fingerprint density at radius 2 is 1.79 bits per heavy atom. The third-order valence-corrected chi connectivity index (χ3v) is 5.89. The van der Waals surface area contributed by atoms with Gasteiger partial charge < -0.3 is 19.9 Å². The maximum atomic E-state index is 9.04. The molecule has 1 aliphatic rings. The number of likely N-dealkylation sites (tertiary alicyclic amines) is 1. The monoisotopic (exact) mass is 422 g/mol. The number of rotatable bonds is 5. The van der Waals surface area contributed by atoms with E-state index in [1.807, 2.05) is 23.9 Å². The highest BCUT2D eigenvalue weighted by Crippen LogP contribution is 2.27. The van der Waals surface area contributed by atoms with Crippen molar-refractivity contribution in [3.63, 3.8) is 0 Å². The molecule has 6 nitrogen and oxygen atoms in total. The third kappa shape index (κ3) is 8.29. The van der Waals surface area contributed by atoms with Gasteiger partial charge in [-0.3, -0.25) is 0 Å². The van der Waals surface area contributed by atoms with Crippen molar-refractivity contribution in [3.8, 4) is 0 Å². The van der Waals surface area contributed by atoms with Gasteiger partial charge in [0, 0.05) is 24.5 Å². The average Bonchev–Trinajstić information content (AvgIpc) is 2.69. The van der Waals surface area contributed by atoms with E-state index in [2.05, 4.69) is 41.4 Å². The lowest BCUT2D eigenvalue weighted by Crippen LogP contribution is -3.13. The van der Waals surface area contributed by atoms with Crippen LogP contribution >= 0.6 is 23.4 Å². The van der Waals surface area contributed by atoms with Crippen LogP contribution in [-0.2, 0) is 16.0 Å². The molecule has 3 rings (SSSR count). The zero-order chi connectivity index (χ0) is 20.4. The van der Waals surface area contributed by atoms with Gasteiger partial charge in [0.15, 0.2) is 5.97 Å². The molecule has 1 aliphatic heterocycles. The van der Waals surface area contributed by atoms with Gasteiger partial charge in [-0.1, -0.05) is 48.0 Å². The van der Waals surface area contributed by atoms with Crippen LogP contribution in [0.25, 0.3) is 0 Å². The van der Waals surface area contributed by atoms with Crippen LogP contribution in [0.2, 0.25) is 5.15 Å². The van der Waals surface area contributed by atoms with E-state index in [4.69, 9.17) is 31.4 Å². The second-order valence-electron chi connectivity index (χ2n) is 6.44. The van der Waals surface area contributed by atoms with Crippen LogP contribution in [0.1, 0.15) is 18.4 Å². The third-order valence-electron chi connectivity index (χ3n) is 4.40. The molecular weight excluding hydrogens is 400 g/mol. The van der Waals surface area contributed by atoms with E-state index in [9.17, 15) is 0 Å². The highest BCUT2D eigenvalue weighted by Gasteiger charge is 2.23. The number of carboxylic acid groups (broad SMARTS) is 2. The molecule has 2 aromatic rings. The predicted molar refractivity (Wildman–Crippen MR) is 106 cm³/mol. The van der Waals surface area contributed by atoms with Crippen LogP contribution in [-0.4, -0.2) is 46.9 Å². The number of nitrogens with one attached hydrogen (secondary N) is 1. The molecule has 1 aromatic heterocycles. The smallest absolute Gasteiger partial charge is 0.351 e. The molecule has 0 atom stereocenters. The van der Waals surface area contributed by atoms with Crippen molar-refractivity contribution in [1.82, 2.24) is 4.98 Å². The number of carbonyl (C=O) groups excluding carboxylic acids is 1. The number of piperidine rings is 1. The van der Waals surface area contributed by atoms with E-state index in [0.717, 1.165) is 5.03 Å². The number of hydrogen-bond donors (Lipinski definition) is 2. The van der Waals surface area contributed by atoms with E-state index in [1.54, 1.807) is 4.90 Å². The molecule has 0 unspecified atom stereocenters. The van der Waals surface area contributed by atoms with E-state index in [1.165, 1.54) is 44.5 Å². The summed E-state index contributed by atoms with van der Waals surface area (Å²) in [5.41, 5.74) is 1.45. The van der Waals surface area contributed by atoms with Gasteiger partial charge in [0.25, 0.3) is 0 Å². The first-order chi connectivity index (χ1) is 13.4. The number of carbonyl (C=O) groups is 2. The molecule has 0 bridgehead atoms. The van der Waals surface area contributed by atoms with Gasteiger partial charge in [-0.15, -0.1) is 11.8 Å². The number of pyridine rings is 1. The summed E-state index contributed by atoms with van der Waals surface area (Å²) in [7, 11) is 0. The van der Waals surface area contributed by atoms with Crippen molar-refractivity contribution in [3.05, 3.63) is 59.2 Å². The molecule has 0 amide bonds. The Balaban J connectivity index is 0.000000409. The van der Waals surface area contributed by atoms with Crippen LogP contribution in [0.4, 0.5) is 0 Å². The van der Waals surface area contributed by atoms with Crippen LogP contribution in [0.15, 0.2) is 53.6 Å². The van der Waals surface area contributed by atoms with Gasteiger partial charge in [0.05, 0.1) is 24.7 Å². The maximum Gasteiger partial charge on any atom is 0.351 e. The molecule has 150 valence electrons. The second kappa shape index (κ2) is 11.7. The summed E-state index contributed by atoms with van der Waals surface area (Å²) < 4.78 is 0. The summed E-state index contributed by atoms with van der Waals surface area (Å²) in [4.78, 5) is 24.1. The number of hydrogen-bond acceptors (Lipinski definition) is 5. The highest BCUT2D eigenvalue weighted by molar-refractivity contribution is 7.99. The number of thioether (sulfide) groups is 1. The van der Waals surface area contributed by atoms with E-state index in [-0.39, 0.29) is 0 Å². The SMILES string of the molecule is Clc1cccc(SC2CC[NH+](CCc3ccccc3)CC2)n1.O=C([O-])C(=O)O. The Hall–Kier alpha value is -2.09. The average molecular weight is 423 g/mol. The number of carboxylic acids is 2. The van der Waals surface area contributed by atoms with E-state index < -0.39 is 11.9 Å². The van der Waals surface area contributed by atoms with Crippen LogP contribution in [0.5, 0.6) is 0 Å². The summed E-state index contributed by atoms with van der Waals surface area (Å²) in [5.74, 6) is -4.01. The summed E-state index contributed by atoms with van der Waals surface area (Å²) in [6, 6.07) is 16.7. The molecule has 1 saturated heterocycles. The summed E-state index contributed by atoms with van der Waals surface area (Å²) in [5, 5.41) is 18.7. The molecule has 2 N–H and O–H groups in total. The molecule has 2 heterocycles. The number of benzene rings is 1. The summed E-state index contributed by atoms with van der Waals surface area (Å²) in [6.07, 6.45) is 3.72. The molecule has 28 heavy (non-hydrogen) atoms. The first-order valence-corrected chi connectivity index (χ1v) is 10.3. The lowest BCUT2D eigenvalue weighted by molar-refractivity contribution is -0.904. The van der Waals surface area contributed by atoms with E-state index >= 15 is 0 Å². The van der Waals surface area contributed by atoms with Gasteiger partial charge in [-0.05, 0) is 17.7 Å². The van der Waals surface area contributed by atoms with Crippen LogP contribution in [0.3, 0.4) is 0 Å². The largest absolute Gasteiger partial charge is 0.539 e. The van der Waals surface area contributed by atoms with Crippen LogP contribution in [0, 0.1) is 0 Å². The van der Waals surface area contributed by atoms with Crippen molar-refractivity contribution >= 4 is 35.3 Å². The fourth-order valence-corrected chi connectivity index (χ4v) is 4.29.